The summed E-state index contributed by atoms with van der Waals surface area (Å²) in [6.45, 7) is 1.58. The molecule has 0 bridgehead atoms. The van der Waals surface area contributed by atoms with Crippen LogP contribution in [-0.4, -0.2) is 55.1 Å². The van der Waals surface area contributed by atoms with Crippen LogP contribution in [0.5, 0.6) is 0 Å². The lowest BCUT2D eigenvalue weighted by Crippen LogP contribution is -2.43. The first-order valence-corrected chi connectivity index (χ1v) is 11.7. The molecule has 2 aliphatic rings. The lowest BCUT2D eigenvalue weighted by atomic mass is 10.2. The van der Waals surface area contributed by atoms with E-state index in [-0.39, 0.29) is 22.5 Å². The third-order valence-electron chi connectivity index (χ3n) is 5.62. The van der Waals surface area contributed by atoms with Gasteiger partial charge in [0.1, 0.15) is 6.04 Å². The molecule has 1 aromatic heterocycles. The number of rotatable bonds is 5. The van der Waals surface area contributed by atoms with E-state index in [0.29, 0.717) is 31.7 Å². The Morgan fingerprint density at radius 3 is 2.37 bits per heavy atom. The zero-order chi connectivity index (χ0) is 21.1. The van der Waals surface area contributed by atoms with Gasteiger partial charge in [0.25, 0.3) is 5.91 Å². The maximum Gasteiger partial charge on any atom is 0.290 e. The van der Waals surface area contributed by atoms with Crippen LogP contribution < -0.4 is 5.32 Å². The Bertz CT molecular complexity index is 996. The number of hydrogen-bond acceptors (Lipinski definition) is 5. The number of carbonyl (C=O) groups is 2. The minimum absolute atomic E-state index is 0.210. The quantitative estimate of drug-likeness (QED) is 0.785. The summed E-state index contributed by atoms with van der Waals surface area (Å²) in [7, 11) is -3.51. The van der Waals surface area contributed by atoms with Crippen LogP contribution in [0.4, 0.5) is 5.69 Å². The number of likely N-dealkylation sites (tertiary alicyclic amines) is 1. The topological polar surface area (TPSA) is 99.9 Å². The summed E-state index contributed by atoms with van der Waals surface area (Å²) < 4.78 is 32.2. The number of piperidine rings is 1. The van der Waals surface area contributed by atoms with E-state index < -0.39 is 16.1 Å². The Labute approximate surface area is 175 Å². The first-order valence-electron chi connectivity index (χ1n) is 10.2. The van der Waals surface area contributed by atoms with Crippen molar-refractivity contribution in [2.45, 2.75) is 43.0 Å². The number of carbonyl (C=O) groups excluding carboxylic acids is 2. The van der Waals surface area contributed by atoms with E-state index >= 15 is 0 Å². The molecule has 2 aliphatic heterocycles. The van der Waals surface area contributed by atoms with Crippen LogP contribution in [0.3, 0.4) is 0 Å². The Morgan fingerprint density at radius 1 is 0.967 bits per heavy atom. The van der Waals surface area contributed by atoms with Gasteiger partial charge in [-0.3, -0.25) is 9.59 Å². The molecule has 0 aliphatic carbocycles. The van der Waals surface area contributed by atoms with E-state index in [1.807, 2.05) is 0 Å². The molecule has 1 atom stereocenters. The molecule has 1 aromatic carbocycles. The van der Waals surface area contributed by atoms with Crippen molar-refractivity contribution in [3.05, 3.63) is 48.4 Å². The molecular formula is C21H25N3O5S. The molecule has 0 spiro atoms. The van der Waals surface area contributed by atoms with Crippen molar-refractivity contribution in [1.82, 2.24) is 9.21 Å². The zero-order valence-electron chi connectivity index (χ0n) is 16.6. The molecule has 3 heterocycles. The summed E-state index contributed by atoms with van der Waals surface area (Å²) in [4.78, 5) is 27.1. The van der Waals surface area contributed by atoms with Gasteiger partial charge in [-0.25, -0.2) is 8.42 Å². The number of benzene rings is 1. The highest BCUT2D eigenvalue weighted by Crippen LogP contribution is 2.24. The summed E-state index contributed by atoms with van der Waals surface area (Å²) in [5.41, 5.74) is 0.495. The number of anilines is 1. The van der Waals surface area contributed by atoms with Crippen molar-refractivity contribution in [2.75, 3.05) is 25.0 Å². The van der Waals surface area contributed by atoms with Gasteiger partial charge in [-0.05, 0) is 62.1 Å². The lowest BCUT2D eigenvalue weighted by molar-refractivity contribution is -0.119. The largest absolute Gasteiger partial charge is 0.459 e. The van der Waals surface area contributed by atoms with Crippen LogP contribution in [0.15, 0.2) is 52.0 Å². The zero-order valence-corrected chi connectivity index (χ0v) is 17.4. The fourth-order valence-corrected chi connectivity index (χ4v) is 5.53. The molecule has 4 rings (SSSR count). The molecule has 2 amide bonds. The van der Waals surface area contributed by atoms with Gasteiger partial charge >= 0.3 is 0 Å². The molecule has 2 aromatic rings. The maximum absolute atomic E-state index is 12.8. The van der Waals surface area contributed by atoms with Crippen LogP contribution in [0.2, 0.25) is 0 Å². The molecule has 8 nitrogen and oxygen atoms in total. The molecule has 1 N–H and O–H groups in total. The van der Waals surface area contributed by atoms with Crippen LogP contribution in [0.25, 0.3) is 0 Å². The third-order valence-corrected chi connectivity index (χ3v) is 7.54. The highest BCUT2D eigenvalue weighted by atomic mass is 32.2. The number of furan rings is 1. The van der Waals surface area contributed by atoms with Gasteiger partial charge in [0.05, 0.1) is 11.2 Å². The number of hydrogen-bond donors (Lipinski definition) is 1. The lowest BCUT2D eigenvalue weighted by Gasteiger charge is -2.26. The monoisotopic (exact) mass is 431 g/mol. The van der Waals surface area contributed by atoms with Gasteiger partial charge in [0, 0.05) is 25.3 Å². The van der Waals surface area contributed by atoms with E-state index in [1.54, 1.807) is 24.3 Å². The number of amides is 2. The summed E-state index contributed by atoms with van der Waals surface area (Å²) in [5.74, 6) is -0.387. The van der Waals surface area contributed by atoms with Crippen LogP contribution in [0, 0.1) is 0 Å². The Kier molecular flexibility index (Phi) is 5.92. The fourth-order valence-electron chi connectivity index (χ4n) is 4.01. The average molecular weight is 432 g/mol. The van der Waals surface area contributed by atoms with Gasteiger partial charge < -0.3 is 14.6 Å². The minimum atomic E-state index is -3.51. The van der Waals surface area contributed by atoms with E-state index in [1.165, 1.54) is 27.6 Å². The molecular weight excluding hydrogens is 406 g/mol. The molecule has 2 fully saturated rings. The fraction of sp³-hybridized carbons (Fsp3) is 0.429. The molecule has 30 heavy (non-hydrogen) atoms. The van der Waals surface area contributed by atoms with Crippen molar-refractivity contribution < 1.29 is 22.4 Å². The average Bonchev–Trinajstić information content (AvgIpc) is 3.47. The number of nitrogens with zero attached hydrogens (tertiary/aromatic N) is 2. The molecule has 9 heteroatoms. The van der Waals surface area contributed by atoms with Crippen LogP contribution in [0.1, 0.15) is 42.7 Å². The normalized spacial score (nSPS) is 20.3. The Hall–Kier alpha value is -2.65. The third kappa shape index (κ3) is 4.13. The second-order valence-corrected chi connectivity index (χ2v) is 9.55. The van der Waals surface area contributed by atoms with Crippen molar-refractivity contribution in [3.8, 4) is 0 Å². The van der Waals surface area contributed by atoms with Gasteiger partial charge in [-0.15, -0.1) is 0 Å². The van der Waals surface area contributed by atoms with Gasteiger partial charge in [-0.1, -0.05) is 6.42 Å². The second kappa shape index (κ2) is 8.61. The predicted octanol–water partition coefficient (Wildman–Crippen LogP) is 2.70. The van der Waals surface area contributed by atoms with Gasteiger partial charge in [-0.2, -0.15) is 4.31 Å². The smallest absolute Gasteiger partial charge is 0.290 e. The SMILES string of the molecule is O=C(Nc1ccc(S(=O)(=O)N2CCCCC2)cc1)[C@@H]1CCCN1C(=O)c1ccco1. The van der Waals surface area contributed by atoms with Gasteiger partial charge in [0.15, 0.2) is 5.76 Å². The highest BCUT2D eigenvalue weighted by Gasteiger charge is 2.35. The summed E-state index contributed by atoms with van der Waals surface area (Å²) in [5, 5.41) is 2.80. The Morgan fingerprint density at radius 2 is 1.70 bits per heavy atom. The van der Waals surface area contributed by atoms with Crippen molar-refractivity contribution in [3.63, 3.8) is 0 Å². The summed E-state index contributed by atoms with van der Waals surface area (Å²) >= 11 is 0. The molecule has 2 saturated heterocycles. The number of sulfonamides is 1. The van der Waals surface area contributed by atoms with E-state index in [0.717, 1.165) is 25.7 Å². The summed E-state index contributed by atoms with van der Waals surface area (Å²) in [6, 6.07) is 8.83. The molecule has 0 radical (unpaired) electrons. The van der Waals surface area contributed by atoms with Crippen molar-refractivity contribution in [1.29, 1.82) is 0 Å². The summed E-state index contributed by atoms with van der Waals surface area (Å²) in [6.07, 6.45) is 5.54. The van der Waals surface area contributed by atoms with Crippen LogP contribution >= 0.6 is 0 Å². The number of nitrogens with one attached hydrogen (secondary N) is 1. The minimum Gasteiger partial charge on any atom is -0.459 e. The standard InChI is InChI=1S/C21H25N3O5S/c25-20(18-6-4-14-24(18)21(26)19-7-5-15-29-19)22-16-8-10-17(11-9-16)30(27,28)23-12-2-1-3-13-23/h5,7-11,15,18H,1-4,6,12-14H2,(H,22,25)/t18-/m0/s1. The van der Waals surface area contributed by atoms with Crippen molar-refractivity contribution in [2.24, 2.45) is 0 Å². The maximum atomic E-state index is 12.8. The first kappa shape index (κ1) is 20.6. The highest BCUT2D eigenvalue weighted by molar-refractivity contribution is 7.89. The first-order chi connectivity index (χ1) is 14.5. The van der Waals surface area contributed by atoms with Gasteiger partial charge in [0.2, 0.25) is 15.9 Å². The molecule has 160 valence electrons. The van der Waals surface area contributed by atoms with E-state index in [4.69, 9.17) is 4.42 Å². The van der Waals surface area contributed by atoms with Crippen LogP contribution in [-0.2, 0) is 14.8 Å². The molecule has 0 saturated carbocycles. The Balaban J connectivity index is 1.43. The molecule has 0 unspecified atom stereocenters. The predicted molar refractivity (Wildman–Crippen MR) is 110 cm³/mol. The van der Waals surface area contributed by atoms with E-state index in [2.05, 4.69) is 5.32 Å². The van der Waals surface area contributed by atoms with Crippen molar-refractivity contribution >= 4 is 27.5 Å². The van der Waals surface area contributed by atoms with E-state index in [9.17, 15) is 18.0 Å². The second-order valence-electron chi connectivity index (χ2n) is 7.61.